The minimum Gasteiger partial charge on any atom is -0.398 e. The number of fused-ring (bicyclic) bond motifs is 1. The van der Waals surface area contributed by atoms with E-state index in [1.807, 2.05) is 0 Å². The molecule has 0 aliphatic rings. The smallest absolute Gasteiger partial charge is 0.398 e. The summed E-state index contributed by atoms with van der Waals surface area (Å²) in [5.41, 5.74) is 6.52. The zero-order chi connectivity index (χ0) is 22.2. The summed E-state index contributed by atoms with van der Waals surface area (Å²) in [6.07, 6.45) is -4.50. The lowest BCUT2D eigenvalue weighted by atomic mass is 10.2. The quantitative estimate of drug-likeness (QED) is 0.435. The molecule has 0 spiro atoms. The van der Waals surface area contributed by atoms with Crippen LogP contribution >= 0.6 is 0 Å². The lowest BCUT2D eigenvalue weighted by Crippen LogP contribution is -2.23. The zero-order valence-corrected chi connectivity index (χ0v) is 16.6. The van der Waals surface area contributed by atoms with Gasteiger partial charge in [-0.1, -0.05) is 29.4 Å². The van der Waals surface area contributed by atoms with Crippen molar-refractivity contribution < 1.29 is 26.1 Å². The van der Waals surface area contributed by atoms with Gasteiger partial charge in [-0.2, -0.15) is 18.2 Å². The second-order valence-corrected chi connectivity index (χ2v) is 8.43. The summed E-state index contributed by atoms with van der Waals surface area (Å²) in [7, 11) is -3.82. The summed E-state index contributed by atoms with van der Waals surface area (Å²) in [5.74, 6) is -0.222. The van der Waals surface area contributed by atoms with Gasteiger partial charge in [-0.25, -0.2) is 13.1 Å². The molecule has 0 radical (unpaired) electrons. The maximum atomic E-state index is 13.2. The van der Waals surface area contributed by atoms with Crippen LogP contribution in [-0.2, 0) is 23.1 Å². The van der Waals surface area contributed by atoms with Crippen molar-refractivity contribution in [2.75, 3.05) is 5.73 Å². The first-order valence-corrected chi connectivity index (χ1v) is 10.4. The first-order chi connectivity index (χ1) is 14.6. The number of halogens is 3. The SMILES string of the molecule is Nc1cccc2c1cc(-c1noc(CNS(=O)(=O)c3ccccc3)n1)n2CC(F)(F)F. The number of nitrogens with two attached hydrogens (primary N) is 1. The Hall–Kier alpha value is -3.38. The van der Waals surface area contributed by atoms with E-state index in [-0.39, 0.29) is 34.4 Å². The Kier molecular flexibility index (Phi) is 5.19. The molecule has 0 atom stereocenters. The van der Waals surface area contributed by atoms with Crippen LogP contribution in [0.2, 0.25) is 0 Å². The van der Waals surface area contributed by atoms with E-state index in [0.29, 0.717) is 11.1 Å². The monoisotopic (exact) mass is 451 g/mol. The molecule has 0 aliphatic carbocycles. The molecule has 0 unspecified atom stereocenters. The number of sulfonamides is 1. The molecule has 12 heteroatoms. The molecule has 0 bridgehead atoms. The predicted molar refractivity (Wildman–Crippen MR) is 106 cm³/mol. The summed E-state index contributed by atoms with van der Waals surface area (Å²) < 4.78 is 72.5. The van der Waals surface area contributed by atoms with Gasteiger partial charge in [0.15, 0.2) is 0 Å². The number of hydrogen-bond acceptors (Lipinski definition) is 6. The predicted octanol–water partition coefficient (Wildman–Crippen LogP) is 3.31. The van der Waals surface area contributed by atoms with E-state index >= 15 is 0 Å². The van der Waals surface area contributed by atoms with Crippen molar-refractivity contribution in [3.63, 3.8) is 0 Å². The van der Waals surface area contributed by atoms with Gasteiger partial charge in [-0.15, -0.1) is 0 Å². The third kappa shape index (κ3) is 4.39. The van der Waals surface area contributed by atoms with Gasteiger partial charge in [0.2, 0.25) is 21.7 Å². The van der Waals surface area contributed by atoms with Gasteiger partial charge in [0, 0.05) is 11.1 Å². The highest BCUT2D eigenvalue weighted by Gasteiger charge is 2.31. The third-order valence-corrected chi connectivity index (χ3v) is 5.90. The molecule has 2 aromatic heterocycles. The van der Waals surface area contributed by atoms with Gasteiger partial charge < -0.3 is 14.8 Å². The fourth-order valence-electron chi connectivity index (χ4n) is 3.11. The summed E-state index contributed by atoms with van der Waals surface area (Å²) in [6, 6.07) is 13.7. The second kappa shape index (κ2) is 7.71. The molecule has 0 aliphatic heterocycles. The van der Waals surface area contributed by atoms with E-state index in [0.717, 1.165) is 4.57 Å². The van der Waals surface area contributed by atoms with Crippen LogP contribution in [0.25, 0.3) is 22.4 Å². The largest absolute Gasteiger partial charge is 0.406 e. The Bertz CT molecular complexity index is 1330. The molecule has 31 heavy (non-hydrogen) atoms. The molecule has 2 aromatic carbocycles. The van der Waals surface area contributed by atoms with Gasteiger partial charge in [-0.3, -0.25) is 0 Å². The molecule has 0 fully saturated rings. The highest BCUT2D eigenvalue weighted by Crippen LogP contribution is 2.32. The average molecular weight is 451 g/mol. The Morgan fingerprint density at radius 1 is 1.10 bits per heavy atom. The molecule has 0 saturated heterocycles. The first-order valence-electron chi connectivity index (χ1n) is 8.96. The van der Waals surface area contributed by atoms with E-state index in [2.05, 4.69) is 14.9 Å². The number of aromatic nitrogens is 3. The normalized spacial score (nSPS) is 12.5. The Morgan fingerprint density at radius 2 is 1.84 bits per heavy atom. The maximum Gasteiger partial charge on any atom is 0.406 e. The topological polar surface area (TPSA) is 116 Å². The van der Waals surface area contributed by atoms with Crippen molar-refractivity contribution in [2.24, 2.45) is 0 Å². The van der Waals surface area contributed by atoms with Crippen molar-refractivity contribution >= 4 is 26.6 Å². The summed E-state index contributed by atoms with van der Waals surface area (Å²) >= 11 is 0. The number of rotatable bonds is 6. The van der Waals surface area contributed by atoms with Crippen molar-refractivity contribution in [1.29, 1.82) is 0 Å². The Morgan fingerprint density at radius 3 is 2.55 bits per heavy atom. The highest BCUT2D eigenvalue weighted by atomic mass is 32.2. The fraction of sp³-hybridized carbons (Fsp3) is 0.158. The van der Waals surface area contributed by atoms with E-state index in [4.69, 9.17) is 10.3 Å². The molecule has 0 amide bonds. The number of nitrogens with zero attached hydrogens (tertiary/aromatic N) is 3. The van der Waals surface area contributed by atoms with Crippen LogP contribution in [0.5, 0.6) is 0 Å². The van der Waals surface area contributed by atoms with Crippen LogP contribution in [0.15, 0.2) is 64.0 Å². The van der Waals surface area contributed by atoms with Gasteiger partial charge >= 0.3 is 6.18 Å². The van der Waals surface area contributed by atoms with E-state index in [1.165, 1.54) is 24.3 Å². The average Bonchev–Trinajstić information content (AvgIpc) is 3.32. The molecule has 8 nitrogen and oxygen atoms in total. The number of hydrogen-bond donors (Lipinski definition) is 2. The number of anilines is 1. The van der Waals surface area contributed by atoms with Crippen LogP contribution in [-0.4, -0.2) is 29.3 Å². The minimum atomic E-state index is -4.50. The summed E-state index contributed by atoms with van der Waals surface area (Å²) in [5, 5.41) is 4.14. The van der Waals surface area contributed by atoms with Gasteiger partial charge in [0.1, 0.15) is 6.54 Å². The fourth-order valence-corrected chi connectivity index (χ4v) is 4.11. The van der Waals surface area contributed by atoms with Crippen molar-refractivity contribution in [2.45, 2.75) is 24.2 Å². The molecule has 2 heterocycles. The van der Waals surface area contributed by atoms with E-state index in [1.54, 1.807) is 30.3 Å². The lowest BCUT2D eigenvalue weighted by molar-refractivity contribution is -0.139. The highest BCUT2D eigenvalue weighted by molar-refractivity contribution is 7.89. The molecular weight excluding hydrogens is 435 g/mol. The van der Waals surface area contributed by atoms with Crippen LogP contribution in [0, 0.1) is 0 Å². The van der Waals surface area contributed by atoms with Crippen LogP contribution in [0.4, 0.5) is 18.9 Å². The molecule has 162 valence electrons. The van der Waals surface area contributed by atoms with Crippen molar-refractivity contribution in [3.8, 4) is 11.5 Å². The number of nitrogens with one attached hydrogen (secondary N) is 1. The van der Waals surface area contributed by atoms with Crippen molar-refractivity contribution in [1.82, 2.24) is 19.4 Å². The third-order valence-electron chi connectivity index (χ3n) is 4.48. The van der Waals surface area contributed by atoms with Crippen LogP contribution in [0.1, 0.15) is 5.89 Å². The van der Waals surface area contributed by atoms with Crippen LogP contribution < -0.4 is 10.5 Å². The summed E-state index contributed by atoms with van der Waals surface area (Å²) in [4.78, 5) is 4.11. The second-order valence-electron chi connectivity index (χ2n) is 6.66. The molecule has 3 N–H and O–H groups in total. The minimum absolute atomic E-state index is 0.0474. The lowest BCUT2D eigenvalue weighted by Gasteiger charge is -2.11. The van der Waals surface area contributed by atoms with Gasteiger partial charge in [-0.05, 0) is 30.3 Å². The van der Waals surface area contributed by atoms with Gasteiger partial charge in [0.05, 0.1) is 22.7 Å². The Labute approximate surface area is 174 Å². The molecule has 4 aromatic rings. The zero-order valence-electron chi connectivity index (χ0n) is 15.8. The summed E-state index contributed by atoms with van der Waals surface area (Å²) in [6.45, 7) is -1.61. The van der Waals surface area contributed by atoms with Crippen molar-refractivity contribution in [3.05, 3.63) is 60.5 Å². The standard InChI is InChI=1S/C19H16F3N5O3S/c20-19(21,22)11-27-15-8-4-7-14(23)13(15)9-16(27)18-25-17(30-26-18)10-24-31(28,29)12-5-2-1-3-6-12/h1-9,24H,10-11,23H2. The molecule has 0 saturated carbocycles. The first kappa shape index (κ1) is 20.9. The Balaban J connectivity index is 1.64. The molecular formula is C19H16F3N5O3S. The van der Waals surface area contributed by atoms with Gasteiger partial charge in [0.25, 0.3) is 0 Å². The maximum absolute atomic E-state index is 13.2. The number of alkyl halides is 3. The molecule has 4 rings (SSSR count). The van der Waals surface area contributed by atoms with E-state index in [9.17, 15) is 21.6 Å². The van der Waals surface area contributed by atoms with E-state index < -0.39 is 22.7 Å². The van der Waals surface area contributed by atoms with Crippen LogP contribution in [0.3, 0.4) is 0 Å². The number of nitrogen functional groups attached to an aromatic ring is 1. The number of benzene rings is 2.